The maximum atomic E-state index is 10.6. The maximum absolute atomic E-state index is 10.6. The summed E-state index contributed by atoms with van der Waals surface area (Å²) in [5, 5.41) is 26.5. The second-order valence-electron chi connectivity index (χ2n) is 12.6. The fraction of sp³-hybridized carbons (Fsp3) is 0. The summed E-state index contributed by atoms with van der Waals surface area (Å²) in [4.78, 5) is 4.06. The number of fused-ring (bicyclic) bond motifs is 5. The highest BCUT2D eigenvalue weighted by atomic mass is 15.0. The number of hydrogen-bond acceptors (Lipinski definition) is 2. The van der Waals surface area contributed by atoms with E-state index in [1.807, 2.05) is 48.5 Å². The van der Waals surface area contributed by atoms with E-state index in [1.54, 1.807) is 12.1 Å². The predicted molar refractivity (Wildman–Crippen MR) is 208 cm³/mol. The van der Waals surface area contributed by atoms with Crippen LogP contribution < -0.4 is 0 Å². The first-order valence-corrected chi connectivity index (χ1v) is 16.7. The number of benzene rings is 8. The van der Waals surface area contributed by atoms with Gasteiger partial charge in [0.25, 0.3) is 0 Å². The Labute approximate surface area is 294 Å². The molecule has 4 heteroatoms. The van der Waals surface area contributed by atoms with Crippen LogP contribution in [-0.4, -0.2) is 4.57 Å². The molecule has 0 spiro atoms. The fourth-order valence-electron chi connectivity index (χ4n) is 7.74. The van der Waals surface area contributed by atoms with Crippen molar-refractivity contribution < 1.29 is 0 Å². The minimum Gasteiger partial charge on any atom is -0.309 e. The van der Waals surface area contributed by atoms with Crippen molar-refractivity contribution in [1.82, 2.24) is 4.57 Å². The number of hydrogen-bond donors (Lipinski definition) is 0. The third-order valence-electron chi connectivity index (χ3n) is 9.88. The molecule has 0 aliphatic rings. The van der Waals surface area contributed by atoms with Crippen LogP contribution in [0.4, 0.5) is 5.69 Å². The average Bonchev–Trinajstić information content (AvgIpc) is 3.53. The SMILES string of the molecule is [C-]#[N+]c1ccc(C#N)c(-c2ccc(-n3c4ccccc4c4cc(C#N)ccc43)cc2)c1-c1c2ccccc2c(-c2ccccc2)c2ccccc12. The van der Waals surface area contributed by atoms with Crippen LogP contribution in [0, 0.1) is 29.2 Å². The zero-order valence-corrected chi connectivity index (χ0v) is 27.3. The first-order valence-electron chi connectivity index (χ1n) is 16.7. The van der Waals surface area contributed by atoms with Crippen LogP contribution in [-0.2, 0) is 0 Å². The summed E-state index contributed by atoms with van der Waals surface area (Å²) in [6, 6.07) is 57.7. The van der Waals surface area contributed by atoms with E-state index in [-0.39, 0.29) is 0 Å². The van der Waals surface area contributed by atoms with Gasteiger partial charge in [-0.3, -0.25) is 0 Å². The largest absolute Gasteiger partial charge is 0.309 e. The summed E-state index contributed by atoms with van der Waals surface area (Å²) in [7, 11) is 0. The molecule has 0 saturated heterocycles. The highest BCUT2D eigenvalue weighted by Crippen LogP contribution is 2.50. The molecular weight excluding hydrogens is 621 g/mol. The van der Waals surface area contributed by atoms with Crippen LogP contribution in [0.5, 0.6) is 0 Å². The van der Waals surface area contributed by atoms with Crippen molar-refractivity contribution in [2.75, 3.05) is 0 Å². The van der Waals surface area contributed by atoms with Crippen molar-refractivity contribution in [2.45, 2.75) is 0 Å². The van der Waals surface area contributed by atoms with Crippen molar-refractivity contribution in [3.05, 3.63) is 180 Å². The Morgan fingerprint density at radius 1 is 0.451 bits per heavy atom. The molecule has 0 N–H and O–H groups in total. The Hall–Kier alpha value is -7.45. The van der Waals surface area contributed by atoms with E-state index in [2.05, 4.69) is 119 Å². The zero-order valence-electron chi connectivity index (χ0n) is 27.3. The molecule has 0 bridgehead atoms. The predicted octanol–water partition coefficient (Wildman–Crippen LogP) is 12.4. The number of nitrogens with zero attached hydrogens (tertiary/aromatic N) is 4. The Morgan fingerprint density at radius 2 is 1.02 bits per heavy atom. The lowest BCUT2D eigenvalue weighted by molar-refractivity contribution is 1.18. The minimum atomic E-state index is 0.492. The minimum absolute atomic E-state index is 0.492. The van der Waals surface area contributed by atoms with Crippen LogP contribution in [0.3, 0.4) is 0 Å². The number of nitriles is 2. The monoisotopic (exact) mass is 646 g/mol. The Morgan fingerprint density at radius 3 is 1.65 bits per heavy atom. The van der Waals surface area contributed by atoms with Crippen molar-refractivity contribution in [3.63, 3.8) is 0 Å². The second kappa shape index (κ2) is 11.9. The van der Waals surface area contributed by atoms with E-state index >= 15 is 0 Å². The van der Waals surface area contributed by atoms with Gasteiger partial charge in [0, 0.05) is 16.5 Å². The number of para-hydroxylation sites is 1. The average molecular weight is 647 g/mol. The Balaban J connectivity index is 1.32. The molecule has 0 fully saturated rings. The summed E-state index contributed by atoms with van der Waals surface area (Å²) in [5.41, 5.74) is 10.2. The van der Waals surface area contributed by atoms with Crippen molar-refractivity contribution >= 4 is 49.0 Å². The van der Waals surface area contributed by atoms with Crippen molar-refractivity contribution in [3.8, 4) is 51.2 Å². The molecule has 1 heterocycles. The molecular formula is C47H26N4. The number of aromatic nitrogens is 1. The second-order valence-corrected chi connectivity index (χ2v) is 12.6. The van der Waals surface area contributed by atoms with Crippen LogP contribution >= 0.6 is 0 Å². The van der Waals surface area contributed by atoms with Crippen LogP contribution in [0.15, 0.2) is 158 Å². The number of rotatable bonds is 4. The molecule has 0 saturated carbocycles. The van der Waals surface area contributed by atoms with E-state index in [9.17, 15) is 10.5 Å². The third-order valence-corrected chi connectivity index (χ3v) is 9.88. The molecule has 0 amide bonds. The highest BCUT2D eigenvalue weighted by molar-refractivity contribution is 6.24. The first-order chi connectivity index (χ1) is 25.2. The van der Waals surface area contributed by atoms with E-state index in [4.69, 9.17) is 6.57 Å². The Bertz CT molecular complexity index is 2930. The topological polar surface area (TPSA) is 56.9 Å². The molecule has 1 aromatic heterocycles. The van der Waals surface area contributed by atoms with Crippen molar-refractivity contribution in [1.29, 1.82) is 10.5 Å². The van der Waals surface area contributed by atoms with E-state index in [0.29, 0.717) is 16.8 Å². The molecule has 234 valence electrons. The van der Waals surface area contributed by atoms with Gasteiger partial charge in [0.05, 0.1) is 40.9 Å². The third kappa shape index (κ3) is 4.58. The van der Waals surface area contributed by atoms with Gasteiger partial charge >= 0.3 is 0 Å². The van der Waals surface area contributed by atoms with Crippen LogP contribution in [0.2, 0.25) is 0 Å². The molecule has 9 aromatic rings. The maximum Gasteiger partial charge on any atom is 0.195 e. The van der Waals surface area contributed by atoms with E-state index < -0.39 is 0 Å². The lowest BCUT2D eigenvalue weighted by Crippen LogP contribution is -1.96. The van der Waals surface area contributed by atoms with Gasteiger partial charge in [0.2, 0.25) is 0 Å². The van der Waals surface area contributed by atoms with Gasteiger partial charge in [0.1, 0.15) is 0 Å². The summed E-state index contributed by atoms with van der Waals surface area (Å²) in [5.74, 6) is 0. The van der Waals surface area contributed by atoms with E-state index in [1.165, 1.54) is 0 Å². The van der Waals surface area contributed by atoms with Gasteiger partial charge in [-0.2, -0.15) is 10.5 Å². The van der Waals surface area contributed by atoms with Gasteiger partial charge < -0.3 is 4.57 Å². The highest BCUT2D eigenvalue weighted by Gasteiger charge is 2.23. The van der Waals surface area contributed by atoms with Gasteiger partial charge in [-0.1, -0.05) is 121 Å². The van der Waals surface area contributed by atoms with Gasteiger partial charge in [-0.05, 0) is 91.3 Å². The lowest BCUT2D eigenvalue weighted by atomic mass is 9.82. The van der Waals surface area contributed by atoms with Crippen molar-refractivity contribution in [2.24, 2.45) is 0 Å². The molecule has 51 heavy (non-hydrogen) atoms. The van der Waals surface area contributed by atoms with Gasteiger partial charge in [-0.15, -0.1) is 0 Å². The van der Waals surface area contributed by atoms with E-state index in [0.717, 1.165) is 82.4 Å². The molecule has 0 aliphatic carbocycles. The molecule has 0 atom stereocenters. The normalized spacial score (nSPS) is 11.1. The standard InChI is InChI=1S/C47H26N4/c1-50-41-25-22-33(29-49)44(32-20-23-34(24-21-32)51-42-18-10-9-13-35(42)40-27-30(28-48)19-26-43(40)51)47(41)46-38-16-7-5-14-36(38)45(31-11-3-2-4-12-31)37-15-6-8-17-39(37)46/h2-27H. The quantitative estimate of drug-likeness (QED) is 0.141. The summed E-state index contributed by atoms with van der Waals surface area (Å²) in [6.45, 7) is 8.34. The molecule has 4 nitrogen and oxygen atoms in total. The van der Waals surface area contributed by atoms with Crippen LogP contribution in [0.25, 0.3) is 87.3 Å². The lowest BCUT2D eigenvalue weighted by Gasteiger charge is -2.21. The van der Waals surface area contributed by atoms with Gasteiger partial charge in [-0.25, -0.2) is 4.85 Å². The zero-order chi connectivity index (χ0) is 34.5. The fourth-order valence-corrected chi connectivity index (χ4v) is 7.74. The molecule has 0 aliphatic heterocycles. The summed E-state index contributed by atoms with van der Waals surface area (Å²) < 4.78 is 2.21. The van der Waals surface area contributed by atoms with Crippen LogP contribution in [0.1, 0.15) is 11.1 Å². The molecule has 0 radical (unpaired) electrons. The first kappa shape index (κ1) is 29.7. The van der Waals surface area contributed by atoms with Gasteiger partial charge in [0.15, 0.2) is 5.69 Å². The molecule has 8 aromatic carbocycles. The smallest absolute Gasteiger partial charge is 0.195 e. The molecule has 0 unspecified atom stereocenters. The summed E-state index contributed by atoms with van der Waals surface area (Å²) in [6.07, 6.45) is 0. The Kier molecular flexibility index (Phi) is 6.93. The molecule has 9 rings (SSSR count). The summed E-state index contributed by atoms with van der Waals surface area (Å²) >= 11 is 0.